The van der Waals surface area contributed by atoms with Crippen LogP contribution in [0.2, 0.25) is 0 Å². The standard InChI is InChI=1S/C13H19F3N4O/c1-8-11-10(3-2-4-17-11)12(21)20(8)9-5-18-19(6-9)7-13(14,15)16/h8-9,17-18H,2-7H2,1H3. The fraction of sp³-hybridized carbons (Fsp3) is 0.769. The average molecular weight is 304 g/mol. The zero-order chi connectivity index (χ0) is 15.2. The molecule has 2 N–H and O–H groups in total. The lowest BCUT2D eigenvalue weighted by molar-refractivity contribution is -0.149. The van der Waals surface area contributed by atoms with E-state index >= 15 is 0 Å². The van der Waals surface area contributed by atoms with Crippen molar-refractivity contribution < 1.29 is 18.0 Å². The highest BCUT2D eigenvalue weighted by Crippen LogP contribution is 2.32. The van der Waals surface area contributed by atoms with Gasteiger partial charge in [-0.25, -0.2) is 5.01 Å². The molecule has 1 amide bonds. The van der Waals surface area contributed by atoms with Gasteiger partial charge < -0.3 is 10.2 Å². The van der Waals surface area contributed by atoms with Gasteiger partial charge in [0.1, 0.15) is 6.54 Å². The first-order chi connectivity index (χ1) is 9.87. The van der Waals surface area contributed by atoms with Gasteiger partial charge in [0.15, 0.2) is 0 Å². The highest BCUT2D eigenvalue weighted by Gasteiger charge is 2.44. The average Bonchev–Trinajstić information content (AvgIpc) is 2.93. The summed E-state index contributed by atoms with van der Waals surface area (Å²) in [5.41, 5.74) is 4.51. The molecule has 0 spiro atoms. The van der Waals surface area contributed by atoms with Gasteiger partial charge in [0.2, 0.25) is 0 Å². The van der Waals surface area contributed by atoms with E-state index in [1.165, 1.54) is 0 Å². The van der Waals surface area contributed by atoms with Crippen LogP contribution in [0.3, 0.4) is 0 Å². The first-order valence-corrected chi connectivity index (χ1v) is 7.21. The molecular formula is C13H19F3N4O. The van der Waals surface area contributed by atoms with Crippen molar-refractivity contribution >= 4 is 5.91 Å². The molecule has 0 aliphatic carbocycles. The second-order valence-electron chi connectivity index (χ2n) is 5.82. The number of halogens is 3. The molecule has 0 saturated carbocycles. The molecule has 8 heteroatoms. The largest absolute Gasteiger partial charge is 0.402 e. The second kappa shape index (κ2) is 5.17. The van der Waals surface area contributed by atoms with Gasteiger partial charge in [-0.3, -0.25) is 10.2 Å². The molecule has 1 saturated heterocycles. The Balaban J connectivity index is 1.68. The number of carbonyl (C=O) groups is 1. The summed E-state index contributed by atoms with van der Waals surface area (Å²) in [6, 6.07) is -0.298. The SMILES string of the molecule is CC1C2=C(CCCN2)C(=O)N1C1CNN(CC(F)(F)F)C1. The van der Waals surface area contributed by atoms with E-state index in [2.05, 4.69) is 10.7 Å². The Bertz CT molecular complexity index is 477. The summed E-state index contributed by atoms with van der Waals surface area (Å²) in [5, 5.41) is 4.42. The van der Waals surface area contributed by atoms with E-state index < -0.39 is 12.7 Å². The van der Waals surface area contributed by atoms with Crippen LogP contribution in [0.5, 0.6) is 0 Å². The molecular weight excluding hydrogens is 285 g/mol. The first kappa shape index (κ1) is 14.6. The zero-order valence-corrected chi connectivity index (χ0v) is 11.8. The Morgan fingerprint density at radius 1 is 1.38 bits per heavy atom. The lowest BCUT2D eigenvalue weighted by atomic mass is 10.0. The normalized spacial score (nSPS) is 30.9. The fourth-order valence-corrected chi connectivity index (χ4v) is 3.45. The number of carbonyl (C=O) groups excluding carboxylic acids is 1. The predicted octanol–water partition coefficient (Wildman–Crippen LogP) is 0.606. The Morgan fingerprint density at radius 2 is 2.14 bits per heavy atom. The molecule has 2 unspecified atom stereocenters. The maximum absolute atomic E-state index is 12.5. The maximum atomic E-state index is 12.5. The molecule has 118 valence electrons. The van der Waals surface area contributed by atoms with Crippen LogP contribution in [0, 0.1) is 0 Å². The molecule has 2 atom stereocenters. The van der Waals surface area contributed by atoms with E-state index in [0.29, 0.717) is 6.54 Å². The molecule has 0 radical (unpaired) electrons. The van der Waals surface area contributed by atoms with Gasteiger partial charge in [0, 0.05) is 30.9 Å². The molecule has 5 nitrogen and oxygen atoms in total. The number of hydrazine groups is 1. The minimum atomic E-state index is -4.23. The van der Waals surface area contributed by atoms with Crippen LogP contribution in [0.25, 0.3) is 0 Å². The summed E-state index contributed by atoms with van der Waals surface area (Å²) < 4.78 is 37.3. The molecule has 3 heterocycles. The van der Waals surface area contributed by atoms with Crippen molar-refractivity contribution in [3.8, 4) is 0 Å². The Morgan fingerprint density at radius 3 is 2.81 bits per heavy atom. The van der Waals surface area contributed by atoms with Gasteiger partial charge in [-0.2, -0.15) is 13.2 Å². The van der Waals surface area contributed by atoms with Gasteiger partial charge >= 0.3 is 6.18 Å². The van der Waals surface area contributed by atoms with E-state index in [0.717, 1.165) is 35.7 Å². The minimum Gasteiger partial charge on any atom is -0.386 e. The van der Waals surface area contributed by atoms with Crippen molar-refractivity contribution in [3.05, 3.63) is 11.3 Å². The molecule has 3 aliphatic rings. The summed E-state index contributed by atoms with van der Waals surface area (Å²) in [4.78, 5) is 14.2. The molecule has 0 aromatic heterocycles. The van der Waals surface area contributed by atoms with Crippen molar-refractivity contribution in [3.63, 3.8) is 0 Å². The van der Waals surface area contributed by atoms with Crippen molar-refractivity contribution in [2.75, 3.05) is 26.2 Å². The number of hydrogen-bond donors (Lipinski definition) is 2. The van der Waals surface area contributed by atoms with Crippen LogP contribution in [0.4, 0.5) is 13.2 Å². The third-order valence-electron chi connectivity index (χ3n) is 4.32. The third kappa shape index (κ3) is 2.74. The maximum Gasteiger partial charge on any atom is 0.402 e. The lowest BCUT2D eigenvalue weighted by Crippen LogP contribution is -2.46. The summed E-state index contributed by atoms with van der Waals surface area (Å²) in [5.74, 6) is -0.0228. The number of nitrogens with zero attached hydrogens (tertiary/aromatic N) is 2. The van der Waals surface area contributed by atoms with Crippen LogP contribution in [-0.4, -0.2) is 60.3 Å². The van der Waals surface area contributed by atoms with E-state index in [4.69, 9.17) is 0 Å². The predicted molar refractivity (Wildman–Crippen MR) is 70.0 cm³/mol. The molecule has 21 heavy (non-hydrogen) atoms. The van der Waals surface area contributed by atoms with Crippen LogP contribution in [-0.2, 0) is 4.79 Å². The highest BCUT2D eigenvalue weighted by atomic mass is 19.4. The smallest absolute Gasteiger partial charge is 0.386 e. The molecule has 0 aromatic rings. The highest BCUT2D eigenvalue weighted by molar-refractivity contribution is 5.98. The van der Waals surface area contributed by atoms with Crippen molar-refractivity contribution in [2.45, 2.75) is 38.0 Å². The lowest BCUT2D eigenvalue weighted by Gasteiger charge is -2.29. The second-order valence-corrected chi connectivity index (χ2v) is 5.82. The van der Waals surface area contributed by atoms with Gasteiger partial charge in [0.25, 0.3) is 5.91 Å². The van der Waals surface area contributed by atoms with Crippen LogP contribution >= 0.6 is 0 Å². The number of alkyl halides is 3. The molecule has 3 rings (SSSR count). The topological polar surface area (TPSA) is 47.6 Å². The third-order valence-corrected chi connectivity index (χ3v) is 4.32. The quantitative estimate of drug-likeness (QED) is 0.785. The van der Waals surface area contributed by atoms with E-state index in [9.17, 15) is 18.0 Å². The minimum absolute atomic E-state index is 0.0228. The van der Waals surface area contributed by atoms with E-state index in [1.54, 1.807) is 4.90 Å². The summed E-state index contributed by atoms with van der Waals surface area (Å²) in [6.45, 7) is 2.37. The molecule has 0 bridgehead atoms. The van der Waals surface area contributed by atoms with Crippen LogP contribution < -0.4 is 10.7 Å². The molecule has 1 fully saturated rings. The van der Waals surface area contributed by atoms with Gasteiger partial charge in [-0.1, -0.05) is 0 Å². The summed E-state index contributed by atoms with van der Waals surface area (Å²) in [6.07, 6.45) is -2.55. The van der Waals surface area contributed by atoms with Crippen molar-refractivity contribution in [2.24, 2.45) is 0 Å². The molecule has 3 aliphatic heterocycles. The monoisotopic (exact) mass is 304 g/mol. The van der Waals surface area contributed by atoms with Gasteiger partial charge in [0.05, 0.1) is 12.1 Å². The van der Waals surface area contributed by atoms with E-state index in [1.807, 2.05) is 6.92 Å². The number of amides is 1. The van der Waals surface area contributed by atoms with E-state index in [-0.39, 0.29) is 24.5 Å². The van der Waals surface area contributed by atoms with Gasteiger partial charge in [-0.05, 0) is 19.8 Å². The van der Waals surface area contributed by atoms with Crippen molar-refractivity contribution in [1.82, 2.24) is 20.7 Å². The van der Waals surface area contributed by atoms with Gasteiger partial charge in [-0.15, -0.1) is 0 Å². The Kier molecular flexibility index (Phi) is 3.61. The zero-order valence-electron chi connectivity index (χ0n) is 11.8. The van der Waals surface area contributed by atoms with Crippen LogP contribution in [0.15, 0.2) is 11.3 Å². The van der Waals surface area contributed by atoms with Crippen LogP contribution in [0.1, 0.15) is 19.8 Å². The number of rotatable bonds is 2. The number of hydrogen-bond acceptors (Lipinski definition) is 4. The Hall–Kier alpha value is -1.28. The van der Waals surface area contributed by atoms with Crippen molar-refractivity contribution in [1.29, 1.82) is 0 Å². The fourth-order valence-electron chi connectivity index (χ4n) is 3.45. The molecule has 0 aromatic carbocycles. The number of nitrogens with one attached hydrogen (secondary N) is 2. The summed E-state index contributed by atoms with van der Waals surface area (Å²) in [7, 11) is 0. The first-order valence-electron chi connectivity index (χ1n) is 7.21. The summed E-state index contributed by atoms with van der Waals surface area (Å²) >= 11 is 0. The Labute approximate surface area is 121 Å².